The van der Waals surface area contributed by atoms with E-state index in [-0.39, 0.29) is 18.7 Å². The van der Waals surface area contributed by atoms with E-state index in [1.807, 2.05) is 6.92 Å². The summed E-state index contributed by atoms with van der Waals surface area (Å²) in [6.07, 6.45) is 0.850. The van der Waals surface area contributed by atoms with Crippen molar-refractivity contribution in [2.24, 2.45) is 0 Å². The Hall–Kier alpha value is -1.83. The van der Waals surface area contributed by atoms with Crippen LogP contribution >= 0.6 is 0 Å². The van der Waals surface area contributed by atoms with Crippen molar-refractivity contribution < 1.29 is 24.2 Å². The first-order chi connectivity index (χ1) is 9.02. The van der Waals surface area contributed by atoms with Gasteiger partial charge < -0.3 is 25.4 Å². The zero-order valence-corrected chi connectivity index (χ0v) is 10.8. The number of carboxylic acid groups (broad SMARTS) is 1. The first kappa shape index (κ1) is 15.2. The lowest BCUT2D eigenvalue weighted by Gasteiger charge is -2.32. The summed E-state index contributed by atoms with van der Waals surface area (Å²) in [5.41, 5.74) is 0. The molecule has 0 aromatic carbocycles. The molecule has 0 aromatic rings. The molecular formula is C11H19N3O5. The third-order valence-corrected chi connectivity index (χ3v) is 2.72. The Bertz CT molecular complexity index is 347. The van der Waals surface area contributed by atoms with Crippen LogP contribution in [-0.4, -0.2) is 66.8 Å². The van der Waals surface area contributed by atoms with Crippen molar-refractivity contribution in [3.8, 4) is 0 Å². The topological polar surface area (TPSA) is 108 Å². The lowest BCUT2D eigenvalue weighted by atomic mass is 10.2. The fourth-order valence-corrected chi connectivity index (χ4v) is 1.66. The van der Waals surface area contributed by atoms with Crippen molar-refractivity contribution in [2.75, 3.05) is 32.8 Å². The minimum Gasteiger partial charge on any atom is -0.480 e. The molecular weight excluding hydrogens is 254 g/mol. The molecule has 19 heavy (non-hydrogen) atoms. The van der Waals surface area contributed by atoms with Crippen molar-refractivity contribution in [3.05, 3.63) is 0 Å². The molecule has 3 N–H and O–H groups in total. The quantitative estimate of drug-likeness (QED) is 0.596. The van der Waals surface area contributed by atoms with E-state index in [4.69, 9.17) is 9.84 Å². The van der Waals surface area contributed by atoms with Gasteiger partial charge in [0.15, 0.2) is 0 Å². The highest BCUT2D eigenvalue weighted by Crippen LogP contribution is 2.07. The molecule has 0 spiro atoms. The second kappa shape index (κ2) is 7.57. The highest BCUT2D eigenvalue weighted by Gasteiger charge is 2.23. The normalized spacial score (nSPS) is 18.8. The Kier molecular flexibility index (Phi) is 6.07. The molecule has 0 aliphatic carbocycles. The molecule has 1 rings (SSSR count). The second-order valence-electron chi connectivity index (χ2n) is 4.18. The number of carboxylic acids is 1. The van der Waals surface area contributed by atoms with Crippen LogP contribution in [0.3, 0.4) is 0 Å². The van der Waals surface area contributed by atoms with Gasteiger partial charge in [-0.05, 0) is 6.42 Å². The molecule has 1 aliphatic heterocycles. The van der Waals surface area contributed by atoms with Gasteiger partial charge in [0, 0.05) is 13.1 Å². The first-order valence-corrected chi connectivity index (χ1v) is 6.15. The number of carbonyl (C=O) groups excluding carboxylic acids is 2. The zero-order valence-electron chi connectivity index (χ0n) is 10.8. The lowest BCUT2D eigenvalue weighted by Crippen LogP contribution is -2.51. The molecule has 0 bridgehead atoms. The number of aliphatic carboxylic acids is 1. The first-order valence-electron chi connectivity index (χ1n) is 6.15. The van der Waals surface area contributed by atoms with Gasteiger partial charge in [0.2, 0.25) is 5.91 Å². The van der Waals surface area contributed by atoms with Crippen LogP contribution in [0.15, 0.2) is 0 Å². The summed E-state index contributed by atoms with van der Waals surface area (Å²) in [7, 11) is 0. The number of urea groups is 1. The zero-order chi connectivity index (χ0) is 14.3. The molecule has 1 fully saturated rings. The van der Waals surface area contributed by atoms with Crippen LogP contribution in [0.5, 0.6) is 0 Å². The van der Waals surface area contributed by atoms with Crippen molar-refractivity contribution in [1.82, 2.24) is 15.5 Å². The van der Waals surface area contributed by atoms with Gasteiger partial charge in [-0.1, -0.05) is 6.92 Å². The average Bonchev–Trinajstić information content (AvgIpc) is 2.42. The number of carbonyl (C=O) groups is 3. The van der Waals surface area contributed by atoms with E-state index in [0.29, 0.717) is 19.7 Å². The molecule has 108 valence electrons. The molecule has 1 unspecified atom stereocenters. The van der Waals surface area contributed by atoms with Gasteiger partial charge in [-0.15, -0.1) is 0 Å². The standard InChI is InChI=1S/C11H19N3O5/c1-2-8-7-14(3-4-19-8)11(18)13-5-9(15)12-6-10(16)17/h8H,2-7H2,1H3,(H,12,15)(H,13,18)(H,16,17). The summed E-state index contributed by atoms with van der Waals surface area (Å²) < 4.78 is 5.43. The van der Waals surface area contributed by atoms with Crippen LogP contribution in [0.2, 0.25) is 0 Å². The number of hydrogen-bond acceptors (Lipinski definition) is 4. The third-order valence-electron chi connectivity index (χ3n) is 2.72. The smallest absolute Gasteiger partial charge is 0.322 e. The summed E-state index contributed by atoms with van der Waals surface area (Å²) in [6, 6.07) is -0.341. The van der Waals surface area contributed by atoms with Gasteiger partial charge in [-0.25, -0.2) is 4.79 Å². The van der Waals surface area contributed by atoms with E-state index in [1.165, 1.54) is 0 Å². The van der Waals surface area contributed by atoms with Crippen molar-refractivity contribution in [3.63, 3.8) is 0 Å². The molecule has 0 saturated carbocycles. The predicted octanol–water partition coefficient (Wildman–Crippen LogP) is -0.992. The van der Waals surface area contributed by atoms with Gasteiger partial charge in [0.25, 0.3) is 0 Å². The van der Waals surface area contributed by atoms with Crippen molar-refractivity contribution in [1.29, 1.82) is 0 Å². The summed E-state index contributed by atoms with van der Waals surface area (Å²) in [5.74, 6) is -1.66. The average molecular weight is 273 g/mol. The molecule has 1 heterocycles. The predicted molar refractivity (Wildman–Crippen MR) is 65.6 cm³/mol. The van der Waals surface area contributed by atoms with Gasteiger partial charge in [-0.3, -0.25) is 9.59 Å². The van der Waals surface area contributed by atoms with Crippen LogP contribution in [0.25, 0.3) is 0 Å². The number of hydrogen-bond donors (Lipinski definition) is 3. The molecule has 8 heteroatoms. The summed E-state index contributed by atoms with van der Waals surface area (Å²) in [6.45, 7) is 2.76. The van der Waals surface area contributed by atoms with E-state index in [9.17, 15) is 14.4 Å². The van der Waals surface area contributed by atoms with Crippen molar-refractivity contribution >= 4 is 17.9 Å². The van der Waals surface area contributed by atoms with Gasteiger partial charge in [-0.2, -0.15) is 0 Å². The monoisotopic (exact) mass is 273 g/mol. The number of rotatable bonds is 5. The van der Waals surface area contributed by atoms with Crippen LogP contribution in [-0.2, 0) is 14.3 Å². The van der Waals surface area contributed by atoms with Crippen LogP contribution < -0.4 is 10.6 Å². The van der Waals surface area contributed by atoms with E-state index in [0.717, 1.165) is 6.42 Å². The number of nitrogens with zero attached hydrogens (tertiary/aromatic N) is 1. The van der Waals surface area contributed by atoms with Crippen molar-refractivity contribution in [2.45, 2.75) is 19.4 Å². The fraction of sp³-hybridized carbons (Fsp3) is 0.727. The molecule has 1 aliphatic rings. The van der Waals surface area contributed by atoms with Gasteiger partial charge in [0.05, 0.1) is 19.3 Å². The molecule has 1 atom stereocenters. The largest absolute Gasteiger partial charge is 0.480 e. The maximum Gasteiger partial charge on any atom is 0.322 e. The van der Waals surface area contributed by atoms with E-state index in [1.54, 1.807) is 4.90 Å². The fourth-order valence-electron chi connectivity index (χ4n) is 1.66. The Balaban J connectivity index is 2.26. The Labute approximate surface area is 111 Å². The summed E-state index contributed by atoms with van der Waals surface area (Å²) in [5, 5.41) is 13.0. The van der Waals surface area contributed by atoms with E-state index < -0.39 is 18.4 Å². The lowest BCUT2D eigenvalue weighted by molar-refractivity contribution is -0.137. The summed E-state index contributed by atoms with van der Waals surface area (Å²) >= 11 is 0. The van der Waals surface area contributed by atoms with Crippen LogP contribution in [0, 0.1) is 0 Å². The molecule has 1 saturated heterocycles. The Morgan fingerprint density at radius 1 is 1.32 bits per heavy atom. The second-order valence-corrected chi connectivity index (χ2v) is 4.18. The maximum absolute atomic E-state index is 11.8. The SMILES string of the molecule is CCC1CN(C(=O)NCC(=O)NCC(=O)O)CCO1. The Morgan fingerprint density at radius 3 is 2.68 bits per heavy atom. The van der Waals surface area contributed by atoms with E-state index >= 15 is 0 Å². The number of ether oxygens (including phenoxy) is 1. The summed E-state index contributed by atoms with van der Waals surface area (Å²) in [4.78, 5) is 34.8. The third kappa shape index (κ3) is 5.56. The number of nitrogens with one attached hydrogen (secondary N) is 2. The molecule has 0 aromatic heterocycles. The minimum absolute atomic E-state index is 0.0281. The highest BCUT2D eigenvalue weighted by atomic mass is 16.5. The highest BCUT2D eigenvalue weighted by molar-refractivity contribution is 5.86. The van der Waals surface area contributed by atoms with Crippen LogP contribution in [0.4, 0.5) is 4.79 Å². The maximum atomic E-state index is 11.8. The molecule has 3 amide bonds. The molecule has 0 radical (unpaired) electrons. The van der Waals surface area contributed by atoms with Crippen LogP contribution in [0.1, 0.15) is 13.3 Å². The van der Waals surface area contributed by atoms with Gasteiger partial charge in [0.1, 0.15) is 6.54 Å². The number of morpholine rings is 1. The minimum atomic E-state index is -1.13. The Morgan fingerprint density at radius 2 is 2.05 bits per heavy atom. The number of amides is 3. The van der Waals surface area contributed by atoms with E-state index in [2.05, 4.69) is 10.6 Å². The molecule has 8 nitrogen and oxygen atoms in total. The van der Waals surface area contributed by atoms with Gasteiger partial charge >= 0.3 is 12.0 Å².